The fraction of sp³-hybridized carbons (Fsp3) is 0.500. The van der Waals surface area contributed by atoms with Crippen LogP contribution in [0.1, 0.15) is 30.5 Å². The van der Waals surface area contributed by atoms with Crippen LogP contribution in [0.25, 0.3) is 0 Å². The van der Waals surface area contributed by atoms with Gasteiger partial charge in [0.1, 0.15) is 12.4 Å². The molecule has 0 saturated carbocycles. The highest BCUT2D eigenvalue weighted by Gasteiger charge is 2.33. The Kier molecular flexibility index (Phi) is 2.86. The highest BCUT2D eigenvalue weighted by atomic mass is 16.5. The van der Waals surface area contributed by atoms with Gasteiger partial charge in [0.15, 0.2) is 0 Å². The van der Waals surface area contributed by atoms with Gasteiger partial charge in [-0.05, 0) is 29.7 Å². The molecular weight excluding hydrogens is 228 g/mol. The van der Waals surface area contributed by atoms with Crippen LogP contribution in [0, 0.1) is 0 Å². The summed E-state index contributed by atoms with van der Waals surface area (Å²) in [6, 6.07) is 7.49. The first kappa shape index (κ1) is 11.4. The molecule has 0 aliphatic carbocycles. The van der Waals surface area contributed by atoms with Gasteiger partial charge in [0.25, 0.3) is 6.02 Å². The third-order valence-corrected chi connectivity index (χ3v) is 3.63. The molecule has 1 aromatic rings. The largest absolute Gasteiger partial charge is 0.497 e. The number of rotatable bonds is 2. The van der Waals surface area contributed by atoms with E-state index in [1.165, 1.54) is 11.1 Å². The molecule has 1 unspecified atom stereocenters. The first-order chi connectivity index (χ1) is 8.83. The summed E-state index contributed by atoms with van der Waals surface area (Å²) < 4.78 is 10.9. The Labute approximate surface area is 107 Å². The third-order valence-electron chi connectivity index (χ3n) is 3.63. The molecule has 0 saturated heterocycles. The predicted octanol–water partition coefficient (Wildman–Crippen LogP) is 2.35. The zero-order valence-corrected chi connectivity index (χ0v) is 10.8. The van der Waals surface area contributed by atoms with Crippen LogP contribution in [0.3, 0.4) is 0 Å². The summed E-state index contributed by atoms with van der Waals surface area (Å²) in [6.45, 7) is 4.56. The van der Waals surface area contributed by atoms with Gasteiger partial charge in [-0.2, -0.15) is 0 Å². The number of nitrogens with zero attached hydrogens (tertiary/aromatic N) is 2. The van der Waals surface area contributed by atoms with Gasteiger partial charge in [-0.1, -0.05) is 13.0 Å². The predicted molar refractivity (Wildman–Crippen MR) is 69.8 cm³/mol. The van der Waals surface area contributed by atoms with E-state index in [1.54, 1.807) is 7.11 Å². The molecule has 0 bridgehead atoms. The zero-order chi connectivity index (χ0) is 12.5. The van der Waals surface area contributed by atoms with Gasteiger partial charge in [0.05, 0.1) is 19.7 Å². The second-order valence-corrected chi connectivity index (χ2v) is 4.63. The van der Waals surface area contributed by atoms with Gasteiger partial charge < -0.3 is 14.4 Å². The van der Waals surface area contributed by atoms with Crippen molar-refractivity contribution in [2.75, 3.05) is 20.3 Å². The molecule has 2 aliphatic rings. The number of benzene rings is 1. The molecule has 0 fully saturated rings. The van der Waals surface area contributed by atoms with E-state index < -0.39 is 0 Å². The van der Waals surface area contributed by atoms with Crippen molar-refractivity contribution < 1.29 is 9.47 Å². The van der Waals surface area contributed by atoms with E-state index in [0.717, 1.165) is 31.3 Å². The summed E-state index contributed by atoms with van der Waals surface area (Å²) in [5.74, 6) is 0.916. The molecule has 0 aromatic heterocycles. The maximum atomic E-state index is 5.60. The van der Waals surface area contributed by atoms with Gasteiger partial charge >= 0.3 is 0 Å². The van der Waals surface area contributed by atoms with Crippen molar-refractivity contribution in [1.29, 1.82) is 0 Å². The van der Waals surface area contributed by atoms with Crippen LogP contribution in [-0.2, 0) is 11.3 Å². The summed E-state index contributed by atoms with van der Waals surface area (Å²) in [4.78, 5) is 6.69. The first-order valence-electron chi connectivity index (χ1n) is 6.44. The molecule has 1 atom stereocenters. The molecular formula is C14H18N2O2. The van der Waals surface area contributed by atoms with Crippen molar-refractivity contribution in [2.24, 2.45) is 4.99 Å². The monoisotopic (exact) mass is 246 g/mol. The quantitative estimate of drug-likeness (QED) is 0.803. The lowest BCUT2D eigenvalue weighted by molar-refractivity contribution is 0.230. The summed E-state index contributed by atoms with van der Waals surface area (Å²) in [7, 11) is 1.70. The van der Waals surface area contributed by atoms with Gasteiger partial charge in [0.2, 0.25) is 0 Å². The number of ether oxygens (including phenoxy) is 2. The van der Waals surface area contributed by atoms with E-state index in [2.05, 4.69) is 28.9 Å². The number of aliphatic imine (C=N–C) groups is 1. The molecule has 18 heavy (non-hydrogen) atoms. The van der Waals surface area contributed by atoms with Crippen LogP contribution in [0.15, 0.2) is 23.2 Å². The number of hydrogen-bond acceptors (Lipinski definition) is 4. The number of methoxy groups -OCH3 is 1. The van der Waals surface area contributed by atoms with E-state index in [9.17, 15) is 0 Å². The van der Waals surface area contributed by atoms with Gasteiger partial charge in [-0.15, -0.1) is 0 Å². The SMILES string of the molecule is CCC1c2ccc(OC)cc2CN1C1=NCCO1. The lowest BCUT2D eigenvalue weighted by atomic mass is 10.0. The van der Waals surface area contributed by atoms with Crippen molar-refractivity contribution in [3.05, 3.63) is 29.3 Å². The topological polar surface area (TPSA) is 34.1 Å². The average molecular weight is 246 g/mol. The van der Waals surface area contributed by atoms with E-state index in [0.29, 0.717) is 12.6 Å². The first-order valence-corrected chi connectivity index (χ1v) is 6.44. The Hall–Kier alpha value is -1.71. The maximum Gasteiger partial charge on any atom is 0.288 e. The maximum absolute atomic E-state index is 5.60. The molecule has 4 heteroatoms. The molecule has 4 nitrogen and oxygen atoms in total. The summed E-state index contributed by atoms with van der Waals surface area (Å²) in [6.07, 6.45) is 1.06. The molecule has 0 amide bonds. The van der Waals surface area contributed by atoms with E-state index in [4.69, 9.17) is 9.47 Å². The van der Waals surface area contributed by atoms with Crippen LogP contribution in [0.5, 0.6) is 5.75 Å². The van der Waals surface area contributed by atoms with Crippen LogP contribution < -0.4 is 4.74 Å². The van der Waals surface area contributed by atoms with E-state index in [1.807, 2.05) is 6.07 Å². The summed E-state index contributed by atoms with van der Waals surface area (Å²) in [5, 5.41) is 0. The molecule has 96 valence electrons. The smallest absolute Gasteiger partial charge is 0.288 e. The van der Waals surface area contributed by atoms with Crippen LogP contribution >= 0.6 is 0 Å². The van der Waals surface area contributed by atoms with Crippen molar-refractivity contribution in [1.82, 2.24) is 4.90 Å². The second-order valence-electron chi connectivity index (χ2n) is 4.63. The molecule has 1 aromatic carbocycles. The number of fused-ring (bicyclic) bond motifs is 1. The van der Waals surface area contributed by atoms with Gasteiger partial charge in [0, 0.05) is 6.54 Å². The molecule has 0 spiro atoms. The lowest BCUT2D eigenvalue weighted by Crippen LogP contribution is -2.29. The van der Waals surface area contributed by atoms with Gasteiger partial charge in [-0.3, -0.25) is 0 Å². The summed E-state index contributed by atoms with van der Waals surface area (Å²) >= 11 is 0. The molecule has 0 N–H and O–H groups in total. The van der Waals surface area contributed by atoms with Crippen molar-refractivity contribution in [3.63, 3.8) is 0 Å². The molecule has 2 heterocycles. The number of hydrogen-bond donors (Lipinski definition) is 0. The van der Waals surface area contributed by atoms with Crippen LogP contribution in [-0.4, -0.2) is 31.2 Å². The summed E-state index contributed by atoms with van der Waals surface area (Å²) in [5.41, 5.74) is 2.69. The zero-order valence-electron chi connectivity index (χ0n) is 10.8. The average Bonchev–Trinajstić information content (AvgIpc) is 3.04. The van der Waals surface area contributed by atoms with E-state index in [-0.39, 0.29) is 0 Å². The Balaban J connectivity index is 1.93. The third kappa shape index (κ3) is 1.72. The number of amidine groups is 1. The molecule has 2 aliphatic heterocycles. The Morgan fingerprint density at radius 2 is 2.39 bits per heavy atom. The Morgan fingerprint density at radius 1 is 1.50 bits per heavy atom. The minimum absolute atomic E-state index is 0.378. The van der Waals surface area contributed by atoms with Gasteiger partial charge in [-0.25, -0.2) is 4.99 Å². The van der Waals surface area contributed by atoms with Crippen molar-refractivity contribution in [2.45, 2.75) is 25.9 Å². The normalized spacial score (nSPS) is 21.6. The fourth-order valence-electron chi connectivity index (χ4n) is 2.77. The fourth-order valence-corrected chi connectivity index (χ4v) is 2.77. The van der Waals surface area contributed by atoms with Crippen molar-refractivity contribution in [3.8, 4) is 5.75 Å². The highest BCUT2D eigenvalue weighted by Crippen LogP contribution is 2.38. The van der Waals surface area contributed by atoms with Crippen LogP contribution in [0.2, 0.25) is 0 Å². The molecule has 0 radical (unpaired) electrons. The van der Waals surface area contributed by atoms with E-state index >= 15 is 0 Å². The van der Waals surface area contributed by atoms with Crippen LogP contribution in [0.4, 0.5) is 0 Å². The molecule has 3 rings (SSSR count). The van der Waals surface area contributed by atoms with Crippen molar-refractivity contribution >= 4 is 6.02 Å². The lowest BCUT2D eigenvalue weighted by Gasteiger charge is -2.24. The Bertz CT molecular complexity index is 485. The minimum atomic E-state index is 0.378. The Morgan fingerprint density at radius 3 is 3.06 bits per heavy atom. The minimum Gasteiger partial charge on any atom is -0.497 e. The highest BCUT2D eigenvalue weighted by molar-refractivity contribution is 5.76. The second kappa shape index (κ2) is 4.52. The standard InChI is InChI=1S/C14H18N2O2/c1-3-13-12-5-4-11(17-2)8-10(12)9-16(13)14-15-6-7-18-14/h4-5,8,13H,3,6-7,9H2,1-2H3.